The molecule has 0 fully saturated rings. The van der Waals surface area contributed by atoms with Crippen LogP contribution >= 0.6 is 0 Å². The van der Waals surface area contributed by atoms with Crippen molar-refractivity contribution in [3.8, 4) is 11.5 Å². The van der Waals surface area contributed by atoms with Crippen LogP contribution in [-0.2, 0) is 7.05 Å². The van der Waals surface area contributed by atoms with E-state index in [0.29, 0.717) is 11.1 Å². The monoisotopic (exact) mass is 518 g/mol. The summed E-state index contributed by atoms with van der Waals surface area (Å²) in [7, 11) is 1.58. The van der Waals surface area contributed by atoms with E-state index in [1.807, 2.05) is 31.2 Å². The van der Waals surface area contributed by atoms with Gasteiger partial charge in [-0.15, -0.1) is 0 Å². The third-order valence-corrected chi connectivity index (χ3v) is 6.40. The highest BCUT2D eigenvalue weighted by atomic mass is 19.1. The van der Waals surface area contributed by atoms with E-state index in [9.17, 15) is 18.9 Å². The molecule has 2 unspecified atom stereocenters. The summed E-state index contributed by atoms with van der Waals surface area (Å²) in [4.78, 5) is 34.7. The van der Waals surface area contributed by atoms with E-state index in [-0.39, 0.29) is 23.5 Å². The molecule has 0 aliphatic carbocycles. The Morgan fingerprint density at radius 2 is 1.66 bits per heavy atom. The fraction of sp³-hybridized carbons (Fsp3) is 0.172. The van der Waals surface area contributed by atoms with Gasteiger partial charge < -0.3 is 14.4 Å². The number of benzene rings is 3. The second kappa shape index (κ2) is 11.2. The maximum Gasteiger partial charge on any atom is 0.338 e. The highest BCUT2D eigenvalue weighted by Crippen LogP contribution is 2.39. The predicted molar refractivity (Wildman–Crippen MR) is 138 cm³/mol. The van der Waals surface area contributed by atoms with Crippen LogP contribution in [0.4, 0.5) is 8.78 Å². The first-order valence-electron chi connectivity index (χ1n) is 11.7. The molecule has 0 spiro atoms. The summed E-state index contributed by atoms with van der Waals surface area (Å²) >= 11 is 0. The van der Waals surface area contributed by atoms with Gasteiger partial charge in [-0.2, -0.15) is 4.91 Å². The van der Waals surface area contributed by atoms with E-state index >= 15 is 4.39 Å². The summed E-state index contributed by atoms with van der Waals surface area (Å²) in [5, 5.41) is 12.3. The van der Waals surface area contributed by atoms with Crippen LogP contribution in [0.15, 0.2) is 89.0 Å². The lowest BCUT2D eigenvalue weighted by atomic mass is 9.82. The average Bonchev–Trinajstić information content (AvgIpc) is 2.88. The van der Waals surface area contributed by atoms with Gasteiger partial charge in [0.2, 0.25) is 5.56 Å². The van der Waals surface area contributed by atoms with Gasteiger partial charge in [0.25, 0.3) is 0 Å². The highest BCUT2D eigenvalue weighted by molar-refractivity contribution is 5.88. The largest absolute Gasteiger partial charge is 0.478 e. The topological polar surface area (TPSA) is 98.0 Å². The standard InChI is InChI=1S/C29H24F2N2O5/c1-17-5-3-4-6-21(17)24(15-27(32-37)18-7-12-28(34)33(2)16-18)22-10-8-19(13-25(22)30)38-20-9-11-23(29(35)36)26(31)14-20/h3-14,16,24,27H,15H2,1-2H3,(H,35,36). The molecule has 38 heavy (non-hydrogen) atoms. The van der Waals surface area contributed by atoms with Crippen molar-refractivity contribution >= 4 is 5.97 Å². The van der Waals surface area contributed by atoms with Crippen molar-refractivity contribution in [2.75, 3.05) is 0 Å². The fourth-order valence-electron chi connectivity index (χ4n) is 4.40. The SMILES string of the molecule is Cc1ccccc1C(CC(N=O)c1ccc(=O)n(C)c1)c1ccc(Oc2ccc(C(=O)O)c(F)c2)cc1F. The van der Waals surface area contributed by atoms with Crippen molar-refractivity contribution in [2.45, 2.75) is 25.3 Å². The van der Waals surface area contributed by atoms with Gasteiger partial charge in [-0.3, -0.25) is 4.79 Å². The molecule has 4 aromatic rings. The lowest BCUT2D eigenvalue weighted by Gasteiger charge is -2.23. The molecule has 194 valence electrons. The van der Waals surface area contributed by atoms with E-state index < -0.39 is 35.1 Å². The van der Waals surface area contributed by atoms with Crippen molar-refractivity contribution < 1.29 is 23.4 Å². The number of nitroso groups, excluding NO2 is 1. The van der Waals surface area contributed by atoms with Crippen LogP contribution < -0.4 is 10.3 Å². The Bertz CT molecular complexity index is 1570. The first-order valence-corrected chi connectivity index (χ1v) is 11.7. The van der Waals surface area contributed by atoms with Gasteiger partial charge in [0.1, 0.15) is 29.2 Å². The van der Waals surface area contributed by atoms with Crippen LogP contribution in [0.5, 0.6) is 11.5 Å². The van der Waals surface area contributed by atoms with E-state index in [2.05, 4.69) is 5.18 Å². The maximum atomic E-state index is 15.6. The Morgan fingerprint density at radius 3 is 2.26 bits per heavy atom. The molecule has 2 atom stereocenters. The second-order valence-electron chi connectivity index (χ2n) is 8.91. The normalized spacial score (nSPS) is 12.5. The minimum Gasteiger partial charge on any atom is -0.478 e. The summed E-state index contributed by atoms with van der Waals surface area (Å²) in [6.07, 6.45) is 1.69. The number of halogens is 2. The van der Waals surface area contributed by atoms with Gasteiger partial charge in [-0.05, 0) is 59.9 Å². The van der Waals surface area contributed by atoms with Gasteiger partial charge in [0.05, 0.1) is 5.56 Å². The number of hydrogen-bond acceptors (Lipinski definition) is 5. The third-order valence-electron chi connectivity index (χ3n) is 6.40. The molecule has 9 heteroatoms. The number of hydrogen-bond donors (Lipinski definition) is 1. The van der Waals surface area contributed by atoms with Crippen LogP contribution in [0.3, 0.4) is 0 Å². The molecule has 0 bridgehead atoms. The van der Waals surface area contributed by atoms with Gasteiger partial charge >= 0.3 is 5.97 Å². The number of aryl methyl sites for hydroxylation is 2. The smallest absolute Gasteiger partial charge is 0.338 e. The Labute approximate surface area is 216 Å². The zero-order chi connectivity index (χ0) is 27.4. The maximum absolute atomic E-state index is 15.6. The zero-order valence-electron chi connectivity index (χ0n) is 20.6. The van der Waals surface area contributed by atoms with Gasteiger partial charge in [-0.1, -0.05) is 35.5 Å². The zero-order valence-corrected chi connectivity index (χ0v) is 20.6. The molecule has 0 saturated carbocycles. The Balaban J connectivity index is 1.69. The van der Waals surface area contributed by atoms with Crippen molar-refractivity contribution in [3.63, 3.8) is 0 Å². The molecule has 0 aliphatic heterocycles. The quantitative estimate of drug-likeness (QED) is 0.255. The summed E-state index contributed by atoms with van der Waals surface area (Å²) in [6, 6.07) is 17.0. The third kappa shape index (κ3) is 5.67. The summed E-state index contributed by atoms with van der Waals surface area (Å²) in [5.41, 5.74) is 1.82. The first kappa shape index (κ1) is 26.4. The number of carboxylic acid groups (broad SMARTS) is 1. The van der Waals surface area contributed by atoms with Crippen LogP contribution in [0, 0.1) is 23.5 Å². The fourth-order valence-corrected chi connectivity index (χ4v) is 4.40. The van der Waals surface area contributed by atoms with E-state index in [0.717, 1.165) is 29.3 Å². The number of carboxylic acids is 1. The molecule has 1 aromatic heterocycles. The molecule has 0 saturated heterocycles. The van der Waals surface area contributed by atoms with Gasteiger partial charge in [-0.25, -0.2) is 13.6 Å². The van der Waals surface area contributed by atoms with Crippen LogP contribution in [-0.4, -0.2) is 15.6 Å². The van der Waals surface area contributed by atoms with Crippen molar-refractivity contribution in [1.82, 2.24) is 4.57 Å². The van der Waals surface area contributed by atoms with E-state index in [1.54, 1.807) is 19.3 Å². The number of nitrogens with zero attached hydrogens (tertiary/aromatic N) is 2. The van der Waals surface area contributed by atoms with Crippen molar-refractivity contribution in [1.29, 1.82) is 0 Å². The molecule has 0 amide bonds. The number of ether oxygens (including phenoxy) is 1. The highest BCUT2D eigenvalue weighted by Gasteiger charge is 2.26. The number of aromatic nitrogens is 1. The van der Waals surface area contributed by atoms with Crippen molar-refractivity contribution in [2.24, 2.45) is 12.2 Å². The molecule has 0 aliphatic rings. The molecular formula is C29H24F2N2O5. The van der Waals surface area contributed by atoms with Crippen molar-refractivity contribution in [3.05, 3.63) is 134 Å². The number of pyridine rings is 1. The van der Waals surface area contributed by atoms with Gasteiger partial charge in [0.15, 0.2) is 0 Å². The summed E-state index contributed by atoms with van der Waals surface area (Å²) in [6.45, 7) is 1.89. The molecular weight excluding hydrogens is 494 g/mol. The molecule has 4 rings (SSSR count). The lowest BCUT2D eigenvalue weighted by Crippen LogP contribution is -2.17. The minimum absolute atomic E-state index is 0.00927. The Hall–Kier alpha value is -4.66. The van der Waals surface area contributed by atoms with Crippen LogP contribution in [0.25, 0.3) is 0 Å². The number of carbonyl (C=O) groups is 1. The summed E-state index contributed by atoms with van der Waals surface area (Å²) in [5.74, 6) is -3.46. The van der Waals surface area contributed by atoms with Crippen LogP contribution in [0.1, 0.15) is 51.0 Å². The molecule has 0 radical (unpaired) electrons. The summed E-state index contributed by atoms with van der Waals surface area (Å²) < 4.78 is 36.5. The predicted octanol–water partition coefficient (Wildman–Crippen LogP) is 6.49. The molecule has 1 N–H and O–H groups in total. The first-order chi connectivity index (χ1) is 18.2. The number of aromatic carboxylic acids is 1. The second-order valence-corrected chi connectivity index (χ2v) is 8.91. The molecule has 3 aromatic carbocycles. The van der Waals surface area contributed by atoms with E-state index in [4.69, 9.17) is 9.84 Å². The Morgan fingerprint density at radius 1 is 0.974 bits per heavy atom. The molecule has 7 nitrogen and oxygen atoms in total. The lowest BCUT2D eigenvalue weighted by molar-refractivity contribution is 0.0692. The van der Waals surface area contributed by atoms with E-state index in [1.165, 1.54) is 28.8 Å². The van der Waals surface area contributed by atoms with Crippen LogP contribution in [0.2, 0.25) is 0 Å². The molecule has 1 heterocycles. The average molecular weight is 519 g/mol. The number of rotatable bonds is 9. The minimum atomic E-state index is -1.41. The Kier molecular flexibility index (Phi) is 7.76. The van der Waals surface area contributed by atoms with Gasteiger partial charge in [0, 0.05) is 37.4 Å².